The Hall–Kier alpha value is -1.96. The lowest BCUT2D eigenvalue weighted by molar-refractivity contribution is 0.294. The van der Waals surface area contributed by atoms with Gasteiger partial charge >= 0.3 is 0 Å². The molecule has 2 N–H and O–H groups in total. The molecule has 7 nitrogen and oxygen atoms in total. The molecule has 0 aliphatic carbocycles. The first-order chi connectivity index (χ1) is 12.8. The first-order valence-electron chi connectivity index (χ1n) is 9.31. The van der Waals surface area contributed by atoms with Crippen molar-refractivity contribution in [1.29, 1.82) is 0 Å². The highest BCUT2D eigenvalue weighted by Gasteiger charge is 2.10. The summed E-state index contributed by atoms with van der Waals surface area (Å²) in [7, 11) is -1.35. The zero-order chi connectivity index (χ0) is 20.3. The molecule has 0 fully saturated rings. The molecule has 0 aromatic heterocycles. The molecule has 27 heavy (non-hydrogen) atoms. The molecule has 1 aromatic rings. The Bertz CT molecular complexity index is 705. The SMILES string of the molecule is CCCOc1ccc(CN=C(NCC)NC(C)CCS(C)(=O)=O)cc1OC. The second-order valence-electron chi connectivity index (χ2n) is 6.49. The molecule has 1 aromatic carbocycles. The molecule has 1 rings (SSSR count). The lowest BCUT2D eigenvalue weighted by atomic mass is 10.2. The third kappa shape index (κ3) is 9.51. The van der Waals surface area contributed by atoms with Gasteiger partial charge in [0.2, 0.25) is 0 Å². The predicted molar refractivity (Wildman–Crippen MR) is 111 cm³/mol. The van der Waals surface area contributed by atoms with Crippen LogP contribution in [0.25, 0.3) is 0 Å². The van der Waals surface area contributed by atoms with E-state index in [1.807, 2.05) is 32.0 Å². The van der Waals surface area contributed by atoms with Crippen LogP contribution in [-0.4, -0.2) is 52.7 Å². The Kier molecular flexibility index (Phi) is 9.99. The summed E-state index contributed by atoms with van der Waals surface area (Å²) in [6.45, 7) is 7.83. The maximum atomic E-state index is 11.3. The molecule has 0 aliphatic heterocycles. The van der Waals surface area contributed by atoms with Crippen LogP contribution in [0.4, 0.5) is 0 Å². The Labute approximate surface area is 163 Å². The van der Waals surface area contributed by atoms with Gasteiger partial charge in [-0.2, -0.15) is 0 Å². The van der Waals surface area contributed by atoms with E-state index in [4.69, 9.17) is 9.47 Å². The van der Waals surface area contributed by atoms with Crippen molar-refractivity contribution in [2.45, 2.75) is 46.2 Å². The van der Waals surface area contributed by atoms with Crippen molar-refractivity contribution in [3.05, 3.63) is 23.8 Å². The number of benzene rings is 1. The van der Waals surface area contributed by atoms with Crippen molar-refractivity contribution < 1.29 is 17.9 Å². The minimum absolute atomic E-state index is 0.00289. The lowest BCUT2D eigenvalue weighted by Gasteiger charge is -2.17. The van der Waals surface area contributed by atoms with E-state index in [0.29, 0.717) is 31.3 Å². The van der Waals surface area contributed by atoms with Crippen LogP contribution in [0.1, 0.15) is 39.2 Å². The van der Waals surface area contributed by atoms with Crippen LogP contribution in [0.15, 0.2) is 23.2 Å². The van der Waals surface area contributed by atoms with Crippen LogP contribution in [-0.2, 0) is 16.4 Å². The molecule has 0 saturated heterocycles. The number of methoxy groups -OCH3 is 1. The fourth-order valence-electron chi connectivity index (χ4n) is 2.33. The molecule has 1 unspecified atom stereocenters. The second-order valence-corrected chi connectivity index (χ2v) is 8.75. The largest absolute Gasteiger partial charge is 0.493 e. The van der Waals surface area contributed by atoms with E-state index < -0.39 is 9.84 Å². The summed E-state index contributed by atoms with van der Waals surface area (Å²) in [5.41, 5.74) is 0.997. The second kappa shape index (κ2) is 11.7. The minimum atomic E-state index is -2.97. The molecular formula is C19H33N3O4S. The fraction of sp³-hybridized carbons (Fsp3) is 0.632. The molecule has 1 atom stereocenters. The molecule has 0 heterocycles. The summed E-state index contributed by atoms with van der Waals surface area (Å²) in [5, 5.41) is 6.43. The van der Waals surface area contributed by atoms with E-state index in [9.17, 15) is 8.42 Å². The van der Waals surface area contributed by atoms with Crippen LogP contribution in [0, 0.1) is 0 Å². The van der Waals surface area contributed by atoms with Gasteiger partial charge < -0.3 is 20.1 Å². The van der Waals surface area contributed by atoms with E-state index in [2.05, 4.69) is 22.5 Å². The van der Waals surface area contributed by atoms with Crippen molar-refractivity contribution in [2.75, 3.05) is 32.3 Å². The Morgan fingerprint density at radius 3 is 2.59 bits per heavy atom. The molecule has 154 valence electrons. The Balaban J connectivity index is 2.76. The minimum Gasteiger partial charge on any atom is -0.493 e. The summed E-state index contributed by atoms with van der Waals surface area (Å²) in [6.07, 6.45) is 2.71. The predicted octanol–water partition coefficient (Wildman–Crippen LogP) is 2.36. The summed E-state index contributed by atoms with van der Waals surface area (Å²) < 4.78 is 33.7. The molecule has 0 amide bonds. The van der Waals surface area contributed by atoms with Crippen molar-refractivity contribution in [2.24, 2.45) is 4.99 Å². The summed E-state index contributed by atoms with van der Waals surface area (Å²) in [4.78, 5) is 4.58. The molecule has 0 spiro atoms. The Morgan fingerprint density at radius 2 is 2.00 bits per heavy atom. The highest BCUT2D eigenvalue weighted by Crippen LogP contribution is 2.28. The number of nitrogens with one attached hydrogen (secondary N) is 2. The average molecular weight is 400 g/mol. The third-order valence-corrected chi connectivity index (χ3v) is 4.74. The number of hydrogen-bond acceptors (Lipinski definition) is 5. The first kappa shape index (κ1) is 23.1. The van der Waals surface area contributed by atoms with Crippen molar-refractivity contribution in [3.8, 4) is 11.5 Å². The zero-order valence-corrected chi connectivity index (χ0v) is 17.9. The van der Waals surface area contributed by atoms with Gasteiger partial charge in [-0.05, 0) is 44.4 Å². The van der Waals surface area contributed by atoms with Gasteiger partial charge in [-0.15, -0.1) is 0 Å². The molecule has 0 saturated carbocycles. The summed E-state index contributed by atoms with van der Waals surface area (Å²) >= 11 is 0. The molecule has 0 bridgehead atoms. The lowest BCUT2D eigenvalue weighted by Crippen LogP contribution is -2.42. The molecule has 0 aliphatic rings. The molecule has 0 radical (unpaired) electrons. The monoisotopic (exact) mass is 399 g/mol. The van der Waals surface area contributed by atoms with Crippen molar-refractivity contribution in [3.63, 3.8) is 0 Å². The molecule has 8 heteroatoms. The molecular weight excluding hydrogens is 366 g/mol. The van der Waals surface area contributed by atoms with Crippen LogP contribution in [0.2, 0.25) is 0 Å². The smallest absolute Gasteiger partial charge is 0.191 e. The normalized spacial score (nSPS) is 13.1. The number of sulfone groups is 1. The van der Waals surface area contributed by atoms with Crippen molar-refractivity contribution >= 4 is 15.8 Å². The van der Waals surface area contributed by atoms with Crippen LogP contribution in [0.3, 0.4) is 0 Å². The highest BCUT2D eigenvalue weighted by atomic mass is 32.2. The van der Waals surface area contributed by atoms with Gasteiger partial charge in [-0.25, -0.2) is 13.4 Å². The van der Waals surface area contributed by atoms with E-state index >= 15 is 0 Å². The quantitative estimate of drug-likeness (QED) is 0.439. The number of nitrogens with zero attached hydrogens (tertiary/aromatic N) is 1. The number of guanidine groups is 1. The van der Waals surface area contributed by atoms with Crippen LogP contribution < -0.4 is 20.1 Å². The van der Waals surface area contributed by atoms with E-state index in [1.54, 1.807) is 7.11 Å². The summed E-state index contributed by atoms with van der Waals surface area (Å²) in [5.74, 6) is 2.22. The number of rotatable bonds is 11. The van der Waals surface area contributed by atoms with E-state index in [0.717, 1.165) is 24.3 Å². The van der Waals surface area contributed by atoms with Crippen LogP contribution in [0.5, 0.6) is 11.5 Å². The standard InChI is InChI=1S/C19H33N3O4S/c1-6-11-26-17-9-8-16(13-18(17)25-4)14-21-19(20-7-2)22-15(3)10-12-27(5,23)24/h8-9,13,15H,6-7,10-12,14H2,1-5H3,(H2,20,21,22). The summed E-state index contributed by atoms with van der Waals surface area (Å²) in [6, 6.07) is 5.78. The van der Waals surface area contributed by atoms with Gasteiger partial charge in [0.15, 0.2) is 17.5 Å². The van der Waals surface area contributed by atoms with E-state index in [1.165, 1.54) is 6.26 Å². The number of hydrogen-bond donors (Lipinski definition) is 2. The number of ether oxygens (including phenoxy) is 2. The van der Waals surface area contributed by atoms with Gasteiger partial charge in [-0.1, -0.05) is 13.0 Å². The van der Waals surface area contributed by atoms with Gasteiger partial charge in [-0.3, -0.25) is 0 Å². The van der Waals surface area contributed by atoms with Crippen LogP contribution >= 0.6 is 0 Å². The fourth-order valence-corrected chi connectivity index (χ4v) is 3.11. The zero-order valence-electron chi connectivity index (χ0n) is 17.0. The third-order valence-electron chi connectivity index (χ3n) is 3.76. The van der Waals surface area contributed by atoms with Gasteiger partial charge in [0.1, 0.15) is 9.84 Å². The average Bonchev–Trinajstić information content (AvgIpc) is 2.62. The van der Waals surface area contributed by atoms with Crippen molar-refractivity contribution in [1.82, 2.24) is 10.6 Å². The van der Waals surface area contributed by atoms with E-state index in [-0.39, 0.29) is 11.8 Å². The highest BCUT2D eigenvalue weighted by molar-refractivity contribution is 7.90. The first-order valence-corrected chi connectivity index (χ1v) is 11.4. The maximum Gasteiger partial charge on any atom is 0.191 e. The maximum absolute atomic E-state index is 11.3. The van der Waals surface area contributed by atoms with Gasteiger partial charge in [0.25, 0.3) is 0 Å². The van der Waals surface area contributed by atoms with Gasteiger partial charge in [0, 0.05) is 18.8 Å². The number of aliphatic imine (C=N–C) groups is 1. The Morgan fingerprint density at radius 1 is 1.26 bits per heavy atom. The van der Waals surface area contributed by atoms with Gasteiger partial charge in [0.05, 0.1) is 26.0 Å². The topological polar surface area (TPSA) is 89.0 Å².